The van der Waals surface area contributed by atoms with Crippen molar-refractivity contribution in [3.8, 4) is 0 Å². The fraction of sp³-hybridized carbons (Fsp3) is 0.278. The van der Waals surface area contributed by atoms with Gasteiger partial charge < -0.3 is 9.30 Å². The number of ether oxygens (including phenoxy) is 1. The molecule has 0 saturated carbocycles. The first-order valence-corrected chi connectivity index (χ1v) is 11.4. The van der Waals surface area contributed by atoms with E-state index in [2.05, 4.69) is 4.99 Å². The molecular formula is C18H17ClN2O3S3. The molecule has 0 aliphatic carbocycles. The maximum atomic E-state index is 12.4. The van der Waals surface area contributed by atoms with E-state index in [1.54, 1.807) is 29.3 Å². The number of carbonyl (C=O) groups is 2. The summed E-state index contributed by atoms with van der Waals surface area (Å²) in [6.45, 7) is 2.09. The summed E-state index contributed by atoms with van der Waals surface area (Å²) in [6, 6.07) is 9.55. The highest BCUT2D eigenvalue weighted by atomic mass is 35.5. The minimum atomic E-state index is -0.356. The second-order valence-corrected chi connectivity index (χ2v) is 9.19. The van der Waals surface area contributed by atoms with Gasteiger partial charge in [0.25, 0.3) is 5.91 Å². The quantitative estimate of drug-likeness (QED) is 0.421. The lowest BCUT2D eigenvalue weighted by molar-refractivity contribution is -0.143. The van der Waals surface area contributed by atoms with Crippen molar-refractivity contribution in [3.05, 3.63) is 44.3 Å². The Bertz CT molecular complexity index is 1050. The Labute approximate surface area is 173 Å². The van der Waals surface area contributed by atoms with Crippen molar-refractivity contribution in [2.75, 3.05) is 12.9 Å². The number of amides is 1. The first-order valence-electron chi connectivity index (χ1n) is 8.15. The number of carbonyl (C=O) groups excluding carboxylic acids is 2. The monoisotopic (exact) mass is 440 g/mol. The second-order valence-electron chi connectivity index (χ2n) is 5.50. The number of thiophene rings is 1. The van der Waals surface area contributed by atoms with Crippen LogP contribution in [0.5, 0.6) is 0 Å². The minimum Gasteiger partial charge on any atom is -0.465 e. The van der Waals surface area contributed by atoms with Gasteiger partial charge in [-0.25, -0.2) is 0 Å². The second kappa shape index (κ2) is 9.05. The van der Waals surface area contributed by atoms with Gasteiger partial charge in [0.2, 0.25) is 0 Å². The van der Waals surface area contributed by atoms with Gasteiger partial charge >= 0.3 is 5.97 Å². The van der Waals surface area contributed by atoms with Gasteiger partial charge in [-0.1, -0.05) is 22.9 Å². The van der Waals surface area contributed by atoms with E-state index in [0.29, 0.717) is 15.7 Å². The third kappa shape index (κ3) is 5.01. The average molecular weight is 441 g/mol. The van der Waals surface area contributed by atoms with Gasteiger partial charge in [-0.3, -0.25) is 9.59 Å². The molecule has 0 saturated heterocycles. The topological polar surface area (TPSA) is 60.7 Å². The largest absolute Gasteiger partial charge is 0.465 e. The lowest BCUT2D eigenvalue weighted by Gasteiger charge is -2.05. The molecule has 27 heavy (non-hydrogen) atoms. The Kier molecular flexibility index (Phi) is 6.75. The molecule has 5 nitrogen and oxygen atoms in total. The van der Waals surface area contributed by atoms with Crippen molar-refractivity contribution in [3.63, 3.8) is 0 Å². The number of rotatable bonds is 6. The molecule has 0 aliphatic heterocycles. The Hall–Kier alpha value is -1.61. The fourth-order valence-corrected chi connectivity index (χ4v) is 5.18. The van der Waals surface area contributed by atoms with Gasteiger partial charge in [-0.15, -0.1) is 23.1 Å². The lowest BCUT2D eigenvalue weighted by Crippen LogP contribution is -2.23. The zero-order valence-electron chi connectivity index (χ0n) is 14.7. The molecule has 3 aromatic rings. The molecule has 0 aliphatic rings. The highest BCUT2D eigenvalue weighted by Gasteiger charge is 2.13. The van der Waals surface area contributed by atoms with Gasteiger partial charge in [0.05, 0.1) is 27.6 Å². The summed E-state index contributed by atoms with van der Waals surface area (Å²) in [5.41, 5.74) is 0.858. The van der Waals surface area contributed by atoms with E-state index >= 15 is 0 Å². The SMILES string of the molecule is CCOC(=O)Cn1c(=NC(=O)Cc2ccc(Cl)s2)sc2cc(SC)ccc21. The zero-order valence-corrected chi connectivity index (χ0v) is 17.9. The summed E-state index contributed by atoms with van der Waals surface area (Å²) in [6.07, 6.45) is 2.18. The number of aromatic nitrogens is 1. The highest BCUT2D eigenvalue weighted by molar-refractivity contribution is 7.98. The first kappa shape index (κ1) is 20.1. The molecule has 0 unspecified atom stereocenters. The fourth-order valence-electron chi connectivity index (χ4n) is 2.50. The first-order chi connectivity index (χ1) is 13.0. The Morgan fingerprint density at radius 2 is 2.07 bits per heavy atom. The molecule has 0 fully saturated rings. The van der Waals surface area contributed by atoms with E-state index in [1.165, 1.54) is 22.7 Å². The molecule has 2 heterocycles. The van der Waals surface area contributed by atoms with Crippen LogP contribution in [0.15, 0.2) is 40.2 Å². The van der Waals surface area contributed by atoms with E-state index in [1.807, 2.05) is 30.5 Å². The van der Waals surface area contributed by atoms with Crippen LogP contribution in [-0.4, -0.2) is 29.3 Å². The third-order valence-electron chi connectivity index (χ3n) is 3.66. The molecule has 2 aromatic heterocycles. The van der Waals surface area contributed by atoms with Crippen LogP contribution >= 0.6 is 46.0 Å². The predicted octanol–water partition coefficient (Wildman–Crippen LogP) is 4.37. The lowest BCUT2D eigenvalue weighted by atomic mass is 10.3. The van der Waals surface area contributed by atoms with Crippen LogP contribution in [0.1, 0.15) is 11.8 Å². The van der Waals surface area contributed by atoms with E-state index < -0.39 is 0 Å². The Morgan fingerprint density at radius 3 is 2.74 bits per heavy atom. The molecule has 0 spiro atoms. The van der Waals surface area contributed by atoms with Gasteiger partial charge in [0.1, 0.15) is 6.54 Å². The molecule has 1 amide bonds. The number of nitrogens with zero attached hydrogens (tertiary/aromatic N) is 2. The molecule has 9 heteroatoms. The summed E-state index contributed by atoms with van der Waals surface area (Å²) >= 11 is 10.3. The Balaban J connectivity index is 2.00. The molecule has 0 N–H and O–H groups in total. The highest BCUT2D eigenvalue weighted by Crippen LogP contribution is 2.25. The number of fused-ring (bicyclic) bond motifs is 1. The van der Waals surface area contributed by atoms with E-state index in [9.17, 15) is 9.59 Å². The van der Waals surface area contributed by atoms with Crippen LogP contribution in [0.25, 0.3) is 10.2 Å². The predicted molar refractivity (Wildman–Crippen MR) is 112 cm³/mol. The summed E-state index contributed by atoms with van der Waals surface area (Å²) in [5.74, 6) is -0.632. The van der Waals surface area contributed by atoms with Crippen LogP contribution < -0.4 is 4.80 Å². The van der Waals surface area contributed by atoms with E-state index in [-0.39, 0.29) is 24.8 Å². The normalized spacial score (nSPS) is 11.9. The molecule has 142 valence electrons. The van der Waals surface area contributed by atoms with Crippen molar-refractivity contribution in [2.45, 2.75) is 24.8 Å². The molecule has 0 atom stereocenters. The summed E-state index contributed by atoms with van der Waals surface area (Å²) < 4.78 is 8.42. The minimum absolute atomic E-state index is 0.0173. The third-order valence-corrected chi connectivity index (χ3v) is 6.65. The molecule has 0 radical (unpaired) electrons. The van der Waals surface area contributed by atoms with Gasteiger partial charge in [-0.2, -0.15) is 4.99 Å². The number of thiazole rings is 1. The number of hydrogen-bond acceptors (Lipinski definition) is 6. The van der Waals surface area contributed by atoms with Crippen molar-refractivity contribution >= 4 is 68.1 Å². The summed E-state index contributed by atoms with van der Waals surface area (Å²) in [7, 11) is 0. The molecular weight excluding hydrogens is 424 g/mol. The Morgan fingerprint density at radius 1 is 1.26 bits per heavy atom. The zero-order chi connectivity index (χ0) is 19.4. The van der Waals surface area contributed by atoms with Crippen molar-refractivity contribution in [1.29, 1.82) is 0 Å². The average Bonchev–Trinajstić information content (AvgIpc) is 3.18. The van der Waals surface area contributed by atoms with Crippen LogP contribution in [0.4, 0.5) is 0 Å². The summed E-state index contributed by atoms with van der Waals surface area (Å²) in [5, 5.41) is 0. The van der Waals surface area contributed by atoms with Crippen LogP contribution in [-0.2, 0) is 27.3 Å². The van der Waals surface area contributed by atoms with E-state index in [0.717, 1.165) is 20.0 Å². The maximum Gasteiger partial charge on any atom is 0.326 e. The van der Waals surface area contributed by atoms with Gasteiger partial charge in [-0.05, 0) is 43.5 Å². The number of hydrogen-bond donors (Lipinski definition) is 0. The van der Waals surface area contributed by atoms with Crippen molar-refractivity contribution in [2.24, 2.45) is 4.99 Å². The summed E-state index contributed by atoms with van der Waals surface area (Å²) in [4.78, 5) is 31.2. The van der Waals surface area contributed by atoms with Crippen LogP contribution in [0, 0.1) is 0 Å². The van der Waals surface area contributed by atoms with E-state index in [4.69, 9.17) is 16.3 Å². The molecule has 3 rings (SSSR count). The number of benzene rings is 1. The van der Waals surface area contributed by atoms with Crippen molar-refractivity contribution in [1.82, 2.24) is 4.57 Å². The van der Waals surface area contributed by atoms with Gasteiger partial charge in [0.15, 0.2) is 4.80 Å². The van der Waals surface area contributed by atoms with Crippen LogP contribution in [0.3, 0.4) is 0 Å². The number of thioether (sulfide) groups is 1. The van der Waals surface area contributed by atoms with Gasteiger partial charge in [0, 0.05) is 9.77 Å². The molecule has 1 aromatic carbocycles. The number of halogens is 1. The van der Waals surface area contributed by atoms with Crippen LogP contribution in [0.2, 0.25) is 4.34 Å². The van der Waals surface area contributed by atoms with Crippen molar-refractivity contribution < 1.29 is 14.3 Å². The molecule has 0 bridgehead atoms. The smallest absolute Gasteiger partial charge is 0.326 e. The maximum absolute atomic E-state index is 12.4. The standard InChI is InChI=1S/C18H17ClN2O3S3/c1-3-24-17(23)10-21-13-6-4-11(25-2)8-14(13)27-18(21)20-16(22)9-12-5-7-15(19)26-12/h4-8H,3,9-10H2,1-2H3. The number of esters is 1.